The number of hydrogen-bond acceptors (Lipinski definition) is 3. The molecule has 0 aliphatic rings. The number of hydrogen-bond donors (Lipinski definition) is 3. The number of carbonyl (C=O) groups excluding carboxylic acids is 2. The van der Waals surface area contributed by atoms with Crippen molar-refractivity contribution >= 4 is 30.1 Å². The van der Waals surface area contributed by atoms with Gasteiger partial charge in [-0.1, -0.05) is 0 Å². The van der Waals surface area contributed by atoms with Crippen LogP contribution in [-0.2, 0) is 0 Å². The van der Waals surface area contributed by atoms with Gasteiger partial charge in [0.15, 0.2) is 11.7 Å². The monoisotopic (exact) mass is 259 g/mol. The molecule has 1 aromatic rings. The standard InChI is InChI=1S/C10H10FN3O2.ClH/c1-5(15)7-4-6(2-3-8(7)11)9(16)14-10(12)13;/h2-4H,1H3,(H4,12,13,14,16);1H. The van der Waals surface area contributed by atoms with Crippen molar-refractivity contribution in [1.29, 1.82) is 5.41 Å². The number of ketones is 1. The molecular weight excluding hydrogens is 249 g/mol. The van der Waals surface area contributed by atoms with Crippen molar-refractivity contribution < 1.29 is 14.0 Å². The molecule has 5 nitrogen and oxygen atoms in total. The van der Waals surface area contributed by atoms with Gasteiger partial charge in [0.05, 0.1) is 5.56 Å². The topological polar surface area (TPSA) is 96.0 Å². The van der Waals surface area contributed by atoms with Crippen LogP contribution in [0.15, 0.2) is 18.2 Å². The Morgan fingerprint density at radius 1 is 1.41 bits per heavy atom. The summed E-state index contributed by atoms with van der Waals surface area (Å²) in [6.45, 7) is 1.20. The van der Waals surface area contributed by atoms with Crippen LogP contribution >= 0.6 is 12.4 Å². The van der Waals surface area contributed by atoms with E-state index in [9.17, 15) is 14.0 Å². The van der Waals surface area contributed by atoms with Crippen LogP contribution in [-0.4, -0.2) is 17.6 Å². The molecule has 0 atom stereocenters. The lowest BCUT2D eigenvalue weighted by Gasteiger charge is -2.04. The van der Waals surface area contributed by atoms with Gasteiger partial charge in [0.1, 0.15) is 5.82 Å². The van der Waals surface area contributed by atoms with Gasteiger partial charge in [-0.05, 0) is 25.1 Å². The van der Waals surface area contributed by atoms with Gasteiger partial charge in [0.2, 0.25) is 0 Å². The maximum atomic E-state index is 13.1. The summed E-state index contributed by atoms with van der Waals surface area (Å²) >= 11 is 0. The molecule has 0 saturated heterocycles. The average molecular weight is 260 g/mol. The molecule has 1 rings (SSSR count). The Hall–Kier alpha value is -1.95. The van der Waals surface area contributed by atoms with E-state index in [1.54, 1.807) is 0 Å². The molecule has 0 spiro atoms. The van der Waals surface area contributed by atoms with Crippen molar-refractivity contribution in [3.63, 3.8) is 0 Å². The van der Waals surface area contributed by atoms with E-state index in [2.05, 4.69) is 0 Å². The zero-order valence-electron chi connectivity index (χ0n) is 8.91. The lowest BCUT2D eigenvalue weighted by Crippen LogP contribution is -2.35. The second-order valence-electron chi connectivity index (χ2n) is 3.12. The molecule has 0 fully saturated rings. The number of nitrogens with one attached hydrogen (secondary N) is 2. The molecule has 1 aromatic carbocycles. The van der Waals surface area contributed by atoms with Gasteiger partial charge in [0.25, 0.3) is 5.91 Å². The fraction of sp³-hybridized carbons (Fsp3) is 0.100. The summed E-state index contributed by atoms with van der Waals surface area (Å²) in [4.78, 5) is 22.4. The molecule has 92 valence electrons. The smallest absolute Gasteiger partial charge is 0.257 e. The molecule has 0 heterocycles. The van der Waals surface area contributed by atoms with Crippen LogP contribution in [0.3, 0.4) is 0 Å². The van der Waals surface area contributed by atoms with Crippen molar-refractivity contribution in [2.75, 3.05) is 0 Å². The van der Waals surface area contributed by atoms with Crippen molar-refractivity contribution in [3.8, 4) is 0 Å². The van der Waals surface area contributed by atoms with E-state index in [-0.39, 0.29) is 23.5 Å². The molecule has 17 heavy (non-hydrogen) atoms. The first kappa shape index (κ1) is 15.0. The van der Waals surface area contributed by atoms with E-state index in [0.29, 0.717) is 0 Å². The third-order valence-electron chi connectivity index (χ3n) is 1.86. The van der Waals surface area contributed by atoms with E-state index >= 15 is 0 Å². The summed E-state index contributed by atoms with van der Waals surface area (Å²) < 4.78 is 13.1. The molecule has 0 aliphatic heterocycles. The predicted molar refractivity (Wildman–Crippen MR) is 63.0 cm³/mol. The Labute approximate surface area is 103 Å². The van der Waals surface area contributed by atoms with Crippen LogP contribution in [0.2, 0.25) is 0 Å². The third kappa shape index (κ3) is 3.84. The van der Waals surface area contributed by atoms with Crippen LogP contribution in [0, 0.1) is 11.2 Å². The molecule has 4 N–H and O–H groups in total. The van der Waals surface area contributed by atoms with Crippen LogP contribution in [0.25, 0.3) is 0 Å². The summed E-state index contributed by atoms with van der Waals surface area (Å²) in [5.41, 5.74) is 4.87. The molecule has 7 heteroatoms. The number of amides is 1. The summed E-state index contributed by atoms with van der Waals surface area (Å²) in [7, 11) is 0. The number of benzene rings is 1. The molecule has 0 aromatic heterocycles. The van der Waals surface area contributed by atoms with Crippen LogP contribution in [0.5, 0.6) is 0 Å². The van der Waals surface area contributed by atoms with Crippen molar-refractivity contribution in [2.45, 2.75) is 6.92 Å². The Morgan fingerprint density at radius 2 is 2.00 bits per heavy atom. The number of halogens is 2. The number of rotatable bonds is 2. The molecule has 0 radical (unpaired) electrons. The first-order chi connectivity index (χ1) is 7.41. The van der Waals surface area contributed by atoms with Crippen molar-refractivity contribution in [3.05, 3.63) is 35.1 Å². The Morgan fingerprint density at radius 3 is 2.47 bits per heavy atom. The zero-order valence-corrected chi connectivity index (χ0v) is 9.73. The summed E-state index contributed by atoms with van der Waals surface area (Å²) in [6, 6.07) is 3.35. The zero-order chi connectivity index (χ0) is 12.3. The number of carbonyl (C=O) groups is 2. The van der Waals surface area contributed by atoms with E-state index in [0.717, 1.165) is 12.1 Å². The molecular formula is C10H11ClFN3O2. The fourth-order valence-electron chi connectivity index (χ4n) is 1.13. The maximum absolute atomic E-state index is 13.1. The fourth-order valence-corrected chi connectivity index (χ4v) is 1.13. The highest BCUT2D eigenvalue weighted by Crippen LogP contribution is 2.11. The van der Waals surface area contributed by atoms with Gasteiger partial charge in [0, 0.05) is 5.56 Å². The van der Waals surface area contributed by atoms with Gasteiger partial charge in [-0.3, -0.25) is 20.3 Å². The van der Waals surface area contributed by atoms with Crippen LogP contribution in [0.4, 0.5) is 4.39 Å². The van der Waals surface area contributed by atoms with Gasteiger partial charge in [-0.25, -0.2) is 4.39 Å². The minimum Gasteiger partial charge on any atom is -0.370 e. The van der Waals surface area contributed by atoms with Gasteiger partial charge < -0.3 is 5.73 Å². The summed E-state index contributed by atoms with van der Waals surface area (Å²) in [6.07, 6.45) is 0. The lowest BCUT2D eigenvalue weighted by atomic mass is 10.1. The van der Waals surface area contributed by atoms with Crippen molar-refractivity contribution in [1.82, 2.24) is 5.32 Å². The maximum Gasteiger partial charge on any atom is 0.257 e. The Kier molecular flexibility index (Phi) is 5.27. The molecule has 0 unspecified atom stereocenters. The van der Waals surface area contributed by atoms with E-state index in [4.69, 9.17) is 11.1 Å². The van der Waals surface area contributed by atoms with E-state index < -0.39 is 23.5 Å². The highest BCUT2D eigenvalue weighted by atomic mass is 35.5. The normalized spacial score (nSPS) is 9.06. The Bertz CT molecular complexity index is 477. The minimum absolute atomic E-state index is 0. The second-order valence-corrected chi connectivity index (χ2v) is 3.12. The average Bonchev–Trinajstić information content (AvgIpc) is 2.16. The van der Waals surface area contributed by atoms with Gasteiger partial charge >= 0.3 is 0 Å². The van der Waals surface area contributed by atoms with Gasteiger partial charge in [-0.2, -0.15) is 0 Å². The number of guanidine groups is 1. The molecule has 0 aliphatic carbocycles. The quantitative estimate of drug-likeness (QED) is 0.421. The number of Topliss-reactive ketones (excluding diaryl/α,β-unsaturated/α-hetero) is 1. The van der Waals surface area contributed by atoms with Crippen LogP contribution < -0.4 is 11.1 Å². The third-order valence-corrected chi connectivity index (χ3v) is 1.86. The highest BCUT2D eigenvalue weighted by molar-refractivity contribution is 6.06. The molecule has 1 amide bonds. The first-order valence-corrected chi connectivity index (χ1v) is 4.37. The predicted octanol–water partition coefficient (Wildman–Crippen LogP) is 1.07. The van der Waals surface area contributed by atoms with E-state index in [1.807, 2.05) is 5.32 Å². The highest BCUT2D eigenvalue weighted by Gasteiger charge is 2.12. The summed E-state index contributed by atoms with van der Waals surface area (Å²) in [5.74, 6) is -2.34. The van der Waals surface area contributed by atoms with Crippen LogP contribution in [0.1, 0.15) is 27.6 Å². The summed E-state index contributed by atoms with van der Waals surface area (Å²) in [5, 5.41) is 8.89. The Balaban J connectivity index is 0.00000256. The first-order valence-electron chi connectivity index (χ1n) is 4.37. The largest absolute Gasteiger partial charge is 0.370 e. The second kappa shape index (κ2) is 5.95. The lowest BCUT2D eigenvalue weighted by molar-refractivity contribution is 0.0976. The van der Waals surface area contributed by atoms with Gasteiger partial charge in [-0.15, -0.1) is 12.4 Å². The van der Waals surface area contributed by atoms with E-state index in [1.165, 1.54) is 13.0 Å². The molecule has 0 bridgehead atoms. The minimum atomic E-state index is -0.688. The van der Waals surface area contributed by atoms with Crippen molar-refractivity contribution in [2.24, 2.45) is 5.73 Å². The molecule has 0 saturated carbocycles. The number of nitrogens with two attached hydrogens (primary N) is 1. The SMILES string of the molecule is CC(=O)c1cc(C(=O)NC(=N)N)ccc1F.Cl.